The van der Waals surface area contributed by atoms with Gasteiger partial charge in [-0.05, 0) is 36.6 Å². The zero-order valence-electron chi connectivity index (χ0n) is 15.9. The third kappa shape index (κ3) is 3.12. The molecule has 0 spiro atoms. The number of para-hydroxylation sites is 1. The number of hydrogen-bond donors (Lipinski definition) is 1. The average Bonchev–Trinajstić information content (AvgIpc) is 3.24. The van der Waals surface area contributed by atoms with Crippen LogP contribution in [-0.2, 0) is 0 Å². The Morgan fingerprint density at radius 3 is 2.73 bits per heavy atom. The minimum Gasteiger partial charge on any atom is -0.360 e. The van der Waals surface area contributed by atoms with Crippen molar-refractivity contribution in [3.8, 4) is 5.69 Å². The van der Waals surface area contributed by atoms with E-state index in [4.69, 9.17) is 11.6 Å². The fourth-order valence-electron chi connectivity index (χ4n) is 3.58. The summed E-state index contributed by atoms with van der Waals surface area (Å²) in [6.07, 6.45) is 1.51. The molecule has 0 radical (unpaired) electrons. The van der Waals surface area contributed by atoms with Gasteiger partial charge in [0.2, 0.25) is 0 Å². The number of anilines is 1. The molecule has 0 aliphatic rings. The second-order valence-corrected chi connectivity index (χ2v) is 8.08. The predicted molar refractivity (Wildman–Crippen MR) is 122 cm³/mol. The molecular formula is C22H16ClN5OS. The van der Waals surface area contributed by atoms with Crippen LogP contribution in [-0.4, -0.2) is 19.5 Å². The Hall–Kier alpha value is -3.29. The standard InChI is InChI=1S/C22H16ClN5OS/c1-13(27-20-19-21(25-11-24-20)30-12-26-19)17-10-14-6-5-9-16(23)18(14)22(29)28(17)15-7-3-2-4-8-15/h2-13H,1H3,(H,24,25,27)/t13-/m0/s1. The largest absolute Gasteiger partial charge is 0.360 e. The van der Waals surface area contributed by atoms with E-state index in [0.29, 0.717) is 21.7 Å². The molecule has 2 aromatic carbocycles. The molecule has 5 aromatic rings. The molecule has 0 bridgehead atoms. The second-order valence-electron chi connectivity index (χ2n) is 6.84. The highest BCUT2D eigenvalue weighted by atomic mass is 35.5. The molecule has 30 heavy (non-hydrogen) atoms. The van der Waals surface area contributed by atoms with Crippen LogP contribution in [0.5, 0.6) is 0 Å². The van der Waals surface area contributed by atoms with E-state index >= 15 is 0 Å². The second kappa shape index (κ2) is 7.51. The summed E-state index contributed by atoms with van der Waals surface area (Å²) >= 11 is 7.84. The van der Waals surface area contributed by atoms with Crippen molar-refractivity contribution in [3.05, 3.63) is 87.5 Å². The lowest BCUT2D eigenvalue weighted by molar-refractivity contribution is 0.774. The maximum absolute atomic E-state index is 13.5. The predicted octanol–water partition coefficient (Wildman–Crippen LogP) is 5.22. The molecule has 0 aliphatic carbocycles. The Kier molecular flexibility index (Phi) is 4.69. The van der Waals surface area contributed by atoms with Crippen molar-refractivity contribution in [2.24, 2.45) is 0 Å². The van der Waals surface area contributed by atoms with Crippen LogP contribution in [0, 0.1) is 0 Å². The zero-order chi connectivity index (χ0) is 20.7. The van der Waals surface area contributed by atoms with Crippen molar-refractivity contribution >= 4 is 49.9 Å². The van der Waals surface area contributed by atoms with Crippen LogP contribution in [0.25, 0.3) is 26.8 Å². The van der Waals surface area contributed by atoms with Crippen LogP contribution in [0.15, 0.2) is 71.2 Å². The van der Waals surface area contributed by atoms with Crippen molar-refractivity contribution in [2.45, 2.75) is 13.0 Å². The van der Waals surface area contributed by atoms with E-state index in [9.17, 15) is 4.79 Å². The van der Waals surface area contributed by atoms with Crippen molar-refractivity contribution in [3.63, 3.8) is 0 Å². The Labute approximate surface area is 180 Å². The third-order valence-electron chi connectivity index (χ3n) is 4.97. The summed E-state index contributed by atoms with van der Waals surface area (Å²) in [5, 5.41) is 5.14. The molecule has 5 rings (SSSR count). The number of fused-ring (bicyclic) bond motifs is 2. The number of hydrogen-bond acceptors (Lipinski definition) is 6. The summed E-state index contributed by atoms with van der Waals surface area (Å²) < 4.78 is 1.70. The Morgan fingerprint density at radius 2 is 1.90 bits per heavy atom. The van der Waals surface area contributed by atoms with Crippen LogP contribution >= 0.6 is 22.9 Å². The maximum atomic E-state index is 13.5. The molecule has 3 heterocycles. The Bertz CT molecular complexity index is 1430. The molecule has 148 valence electrons. The summed E-state index contributed by atoms with van der Waals surface area (Å²) in [7, 11) is 0. The Morgan fingerprint density at radius 1 is 1.07 bits per heavy atom. The molecule has 8 heteroatoms. The van der Waals surface area contributed by atoms with Crippen molar-refractivity contribution < 1.29 is 0 Å². The van der Waals surface area contributed by atoms with Gasteiger partial charge >= 0.3 is 0 Å². The van der Waals surface area contributed by atoms with E-state index in [1.54, 1.807) is 16.1 Å². The van der Waals surface area contributed by atoms with Crippen LogP contribution in [0.2, 0.25) is 5.02 Å². The number of aromatic nitrogens is 4. The number of thiazole rings is 1. The lowest BCUT2D eigenvalue weighted by atomic mass is 10.1. The molecule has 1 N–H and O–H groups in total. The van der Waals surface area contributed by atoms with Gasteiger partial charge in [-0.15, -0.1) is 11.3 Å². The van der Waals surface area contributed by atoms with Gasteiger partial charge in [-0.2, -0.15) is 0 Å². The zero-order valence-corrected chi connectivity index (χ0v) is 17.5. The first-order valence-electron chi connectivity index (χ1n) is 9.34. The van der Waals surface area contributed by atoms with Gasteiger partial charge in [0, 0.05) is 11.4 Å². The van der Waals surface area contributed by atoms with Crippen LogP contribution in [0.1, 0.15) is 18.7 Å². The molecule has 0 aliphatic heterocycles. The van der Waals surface area contributed by atoms with E-state index in [0.717, 1.165) is 21.6 Å². The monoisotopic (exact) mass is 433 g/mol. The molecule has 0 saturated heterocycles. The summed E-state index contributed by atoms with van der Waals surface area (Å²) in [6, 6.07) is 16.8. The van der Waals surface area contributed by atoms with E-state index in [2.05, 4.69) is 20.3 Å². The topological polar surface area (TPSA) is 72.7 Å². The first-order valence-corrected chi connectivity index (χ1v) is 10.6. The molecule has 3 aromatic heterocycles. The van der Waals surface area contributed by atoms with Gasteiger partial charge in [0.25, 0.3) is 5.56 Å². The summed E-state index contributed by atoms with van der Waals surface area (Å²) in [5.74, 6) is 0.631. The summed E-state index contributed by atoms with van der Waals surface area (Å²) in [5.41, 5.74) is 3.87. The molecule has 1 atom stereocenters. The normalized spacial score (nSPS) is 12.3. The molecule has 0 unspecified atom stereocenters. The number of pyridine rings is 1. The molecule has 0 saturated carbocycles. The number of benzene rings is 2. The number of halogens is 1. The fourth-order valence-corrected chi connectivity index (χ4v) is 4.47. The van der Waals surface area contributed by atoms with Crippen LogP contribution in [0.4, 0.5) is 5.82 Å². The highest BCUT2D eigenvalue weighted by Gasteiger charge is 2.19. The number of nitrogens with one attached hydrogen (secondary N) is 1. The number of rotatable bonds is 4. The van der Waals surface area contributed by atoms with Gasteiger partial charge < -0.3 is 5.32 Å². The van der Waals surface area contributed by atoms with E-state index in [1.165, 1.54) is 17.7 Å². The Balaban J connectivity index is 1.71. The van der Waals surface area contributed by atoms with Crippen LogP contribution < -0.4 is 10.9 Å². The quantitative estimate of drug-likeness (QED) is 0.420. The van der Waals surface area contributed by atoms with Crippen molar-refractivity contribution in [2.75, 3.05) is 5.32 Å². The van der Waals surface area contributed by atoms with E-state index in [-0.39, 0.29) is 11.6 Å². The number of nitrogens with zero attached hydrogens (tertiary/aromatic N) is 4. The lowest BCUT2D eigenvalue weighted by Gasteiger charge is -2.21. The van der Waals surface area contributed by atoms with Gasteiger partial charge in [-0.3, -0.25) is 9.36 Å². The van der Waals surface area contributed by atoms with Crippen molar-refractivity contribution in [1.29, 1.82) is 0 Å². The van der Waals surface area contributed by atoms with Gasteiger partial charge in [-0.1, -0.05) is 41.9 Å². The first kappa shape index (κ1) is 18.7. The minimum atomic E-state index is -0.235. The molecule has 6 nitrogen and oxygen atoms in total. The fraction of sp³-hybridized carbons (Fsp3) is 0.0909. The maximum Gasteiger partial charge on any atom is 0.264 e. The highest BCUT2D eigenvalue weighted by Crippen LogP contribution is 2.28. The SMILES string of the molecule is C[C@H](Nc1ncnc2scnc12)c1cc2cccc(Cl)c2c(=O)n1-c1ccccc1. The van der Waals surface area contributed by atoms with E-state index in [1.807, 2.05) is 55.5 Å². The van der Waals surface area contributed by atoms with Gasteiger partial charge in [0.15, 0.2) is 5.82 Å². The van der Waals surface area contributed by atoms with Gasteiger partial charge in [0.1, 0.15) is 16.7 Å². The smallest absolute Gasteiger partial charge is 0.264 e. The molecule has 0 fully saturated rings. The average molecular weight is 434 g/mol. The van der Waals surface area contributed by atoms with Gasteiger partial charge in [-0.25, -0.2) is 15.0 Å². The third-order valence-corrected chi connectivity index (χ3v) is 6.02. The minimum absolute atomic E-state index is 0.158. The summed E-state index contributed by atoms with van der Waals surface area (Å²) in [6.45, 7) is 1.99. The van der Waals surface area contributed by atoms with Crippen molar-refractivity contribution in [1.82, 2.24) is 19.5 Å². The lowest BCUT2D eigenvalue weighted by Crippen LogP contribution is -2.25. The van der Waals surface area contributed by atoms with Gasteiger partial charge in [0.05, 0.1) is 22.0 Å². The molecule has 0 amide bonds. The van der Waals surface area contributed by atoms with Crippen LogP contribution in [0.3, 0.4) is 0 Å². The summed E-state index contributed by atoms with van der Waals surface area (Å²) in [4.78, 5) is 27.3. The van der Waals surface area contributed by atoms with E-state index < -0.39 is 0 Å². The highest BCUT2D eigenvalue weighted by molar-refractivity contribution is 7.16. The molecular weight excluding hydrogens is 418 g/mol. The first-order chi connectivity index (χ1) is 14.6.